The molecule has 0 bridgehead atoms. The predicted octanol–water partition coefficient (Wildman–Crippen LogP) is -0.907. The van der Waals surface area contributed by atoms with Crippen LogP contribution in [0.2, 0.25) is 0 Å². The van der Waals surface area contributed by atoms with Crippen molar-refractivity contribution in [3.63, 3.8) is 0 Å². The molecule has 8 nitrogen and oxygen atoms in total. The minimum Gasteiger partial charge on any atom is -0.484 e. The Kier molecular flexibility index (Phi) is 8.49. The highest BCUT2D eigenvalue weighted by molar-refractivity contribution is 7.89. The van der Waals surface area contributed by atoms with Crippen LogP contribution in [0, 0.1) is 6.92 Å². The number of amides is 1. The van der Waals surface area contributed by atoms with Gasteiger partial charge in [-0.2, -0.15) is 0 Å². The lowest BCUT2D eigenvalue weighted by molar-refractivity contribution is -0.906. The Balaban J connectivity index is 1.78. The number of carbonyl (C=O) groups excluding carboxylic acids is 1. The maximum Gasteiger partial charge on any atom is 0.258 e. The average Bonchev–Trinajstić information content (AvgIpc) is 2.66. The zero-order chi connectivity index (χ0) is 19.7. The topological polar surface area (TPSA) is 98.2 Å². The highest BCUT2D eigenvalue weighted by Gasteiger charge is 2.16. The lowest BCUT2D eigenvalue weighted by Gasteiger charge is -2.23. The molecule has 152 valence electrons. The number of aryl methyl sites for hydroxylation is 1. The molecule has 2 rings (SSSR count). The normalized spacial score (nSPS) is 15.5. The molecule has 0 saturated carbocycles. The summed E-state index contributed by atoms with van der Waals surface area (Å²) in [7, 11) is -3.51. The molecule has 1 amide bonds. The van der Waals surface area contributed by atoms with Crippen LogP contribution >= 0.6 is 0 Å². The van der Waals surface area contributed by atoms with Gasteiger partial charge in [0, 0.05) is 6.54 Å². The summed E-state index contributed by atoms with van der Waals surface area (Å²) in [6.07, 6.45) is 0.724. The molecule has 0 unspecified atom stereocenters. The standard InChI is InChI=1S/C18H29N3O5S/c1-3-6-20-27(23,24)16-4-5-17(15(2)13-16)26-14-18(22)19-7-8-21-9-11-25-12-10-21/h4-5,13,20H,3,6-12,14H2,1-2H3,(H,19,22)/p+1. The van der Waals surface area contributed by atoms with Gasteiger partial charge < -0.3 is 19.7 Å². The second-order valence-corrected chi connectivity index (χ2v) is 8.34. The van der Waals surface area contributed by atoms with E-state index in [-0.39, 0.29) is 17.4 Å². The highest BCUT2D eigenvalue weighted by atomic mass is 32.2. The Morgan fingerprint density at radius 1 is 1.26 bits per heavy atom. The van der Waals surface area contributed by atoms with Crippen LogP contribution in [-0.4, -0.2) is 66.9 Å². The first-order valence-electron chi connectivity index (χ1n) is 9.33. The summed E-state index contributed by atoms with van der Waals surface area (Å²) in [6.45, 7) is 8.89. The molecular formula is C18H30N3O5S+. The Morgan fingerprint density at radius 2 is 2.00 bits per heavy atom. The Labute approximate surface area is 161 Å². The molecule has 0 aromatic heterocycles. The summed E-state index contributed by atoms with van der Waals surface area (Å²) in [5, 5.41) is 2.85. The molecule has 0 radical (unpaired) electrons. The number of quaternary nitrogens is 1. The number of hydrogen-bond donors (Lipinski definition) is 3. The molecule has 1 saturated heterocycles. The van der Waals surface area contributed by atoms with Crippen molar-refractivity contribution in [2.75, 3.05) is 52.5 Å². The molecular weight excluding hydrogens is 370 g/mol. The van der Waals surface area contributed by atoms with Gasteiger partial charge in [-0.05, 0) is 37.1 Å². The summed E-state index contributed by atoms with van der Waals surface area (Å²) < 4.78 is 37.7. The van der Waals surface area contributed by atoms with Crippen molar-refractivity contribution < 1.29 is 27.6 Å². The molecule has 1 fully saturated rings. The van der Waals surface area contributed by atoms with Crippen molar-refractivity contribution in [2.24, 2.45) is 0 Å². The quantitative estimate of drug-likeness (QED) is 0.473. The summed E-state index contributed by atoms with van der Waals surface area (Å²) >= 11 is 0. The Bertz CT molecular complexity index is 718. The van der Waals surface area contributed by atoms with Crippen LogP contribution in [0.5, 0.6) is 5.75 Å². The second-order valence-electron chi connectivity index (χ2n) is 6.58. The number of rotatable bonds is 10. The van der Waals surface area contributed by atoms with Crippen LogP contribution in [0.4, 0.5) is 0 Å². The number of sulfonamides is 1. The van der Waals surface area contributed by atoms with Gasteiger partial charge in [0.15, 0.2) is 6.61 Å². The van der Waals surface area contributed by atoms with E-state index in [1.54, 1.807) is 19.1 Å². The van der Waals surface area contributed by atoms with Gasteiger partial charge in [-0.1, -0.05) is 6.92 Å². The monoisotopic (exact) mass is 400 g/mol. The van der Waals surface area contributed by atoms with Gasteiger partial charge in [0.25, 0.3) is 5.91 Å². The summed E-state index contributed by atoms with van der Waals surface area (Å²) in [5.74, 6) is 0.307. The van der Waals surface area contributed by atoms with Crippen LogP contribution in [0.25, 0.3) is 0 Å². The van der Waals surface area contributed by atoms with Crippen molar-refractivity contribution in [1.29, 1.82) is 0 Å². The van der Waals surface area contributed by atoms with Crippen LogP contribution in [0.15, 0.2) is 23.1 Å². The third-order valence-corrected chi connectivity index (χ3v) is 5.82. The van der Waals surface area contributed by atoms with E-state index in [0.717, 1.165) is 39.3 Å². The summed E-state index contributed by atoms with van der Waals surface area (Å²) in [4.78, 5) is 13.6. The van der Waals surface area contributed by atoms with Crippen molar-refractivity contribution in [2.45, 2.75) is 25.2 Å². The molecule has 1 aliphatic heterocycles. The van der Waals surface area contributed by atoms with Gasteiger partial charge in [0.2, 0.25) is 10.0 Å². The molecule has 1 aliphatic rings. The SMILES string of the molecule is CCCNS(=O)(=O)c1ccc(OCC(=O)NCC[NH+]2CCOCC2)c(C)c1. The average molecular weight is 401 g/mol. The van der Waals surface area contributed by atoms with Gasteiger partial charge >= 0.3 is 0 Å². The number of ether oxygens (including phenoxy) is 2. The number of morpholine rings is 1. The predicted molar refractivity (Wildman–Crippen MR) is 102 cm³/mol. The van der Waals surface area contributed by atoms with Crippen LogP contribution in [0.1, 0.15) is 18.9 Å². The maximum atomic E-state index is 12.1. The first-order valence-corrected chi connectivity index (χ1v) is 10.8. The zero-order valence-electron chi connectivity index (χ0n) is 16.0. The first-order chi connectivity index (χ1) is 12.9. The molecule has 0 spiro atoms. The largest absolute Gasteiger partial charge is 0.484 e. The van der Waals surface area contributed by atoms with Gasteiger partial charge in [-0.15, -0.1) is 0 Å². The van der Waals surface area contributed by atoms with E-state index in [1.165, 1.54) is 11.0 Å². The van der Waals surface area contributed by atoms with Crippen molar-refractivity contribution in [3.05, 3.63) is 23.8 Å². The van der Waals surface area contributed by atoms with E-state index >= 15 is 0 Å². The van der Waals surface area contributed by atoms with Gasteiger partial charge in [0.1, 0.15) is 18.8 Å². The number of hydrogen-bond acceptors (Lipinski definition) is 5. The molecule has 1 aromatic carbocycles. The first kappa shape index (κ1) is 21.6. The Morgan fingerprint density at radius 3 is 2.67 bits per heavy atom. The van der Waals surface area contributed by atoms with Crippen molar-refractivity contribution in [1.82, 2.24) is 10.0 Å². The van der Waals surface area contributed by atoms with E-state index < -0.39 is 10.0 Å². The second kappa shape index (κ2) is 10.6. The van der Waals surface area contributed by atoms with E-state index in [0.29, 0.717) is 24.4 Å². The van der Waals surface area contributed by atoms with E-state index in [4.69, 9.17) is 9.47 Å². The molecule has 1 heterocycles. The zero-order valence-corrected chi connectivity index (χ0v) is 16.9. The summed E-state index contributed by atoms with van der Waals surface area (Å²) in [5.41, 5.74) is 0.667. The van der Waals surface area contributed by atoms with Crippen molar-refractivity contribution in [3.8, 4) is 5.75 Å². The third kappa shape index (κ3) is 7.10. The maximum absolute atomic E-state index is 12.1. The third-order valence-electron chi connectivity index (χ3n) is 4.36. The number of carbonyl (C=O) groups is 1. The molecule has 0 atom stereocenters. The van der Waals surface area contributed by atoms with Gasteiger partial charge in [-0.3, -0.25) is 4.79 Å². The fourth-order valence-electron chi connectivity index (χ4n) is 2.75. The molecule has 0 aliphatic carbocycles. The van der Waals surface area contributed by atoms with E-state index in [2.05, 4.69) is 10.0 Å². The fourth-order valence-corrected chi connectivity index (χ4v) is 3.97. The number of nitrogens with one attached hydrogen (secondary N) is 3. The smallest absolute Gasteiger partial charge is 0.258 e. The van der Waals surface area contributed by atoms with Crippen LogP contribution in [-0.2, 0) is 19.6 Å². The molecule has 3 N–H and O–H groups in total. The lowest BCUT2D eigenvalue weighted by Crippen LogP contribution is -3.14. The fraction of sp³-hybridized carbons (Fsp3) is 0.611. The van der Waals surface area contributed by atoms with Gasteiger partial charge in [-0.25, -0.2) is 13.1 Å². The number of benzene rings is 1. The minimum atomic E-state index is -3.51. The lowest BCUT2D eigenvalue weighted by atomic mass is 10.2. The summed E-state index contributed by atoms with van der Waals surface area (Å²) in [6, 6.07) is 4.62. The van der Waals surface area contributed by atoms with Crippen molar-refractivity contribution >= 4 is 15.9 Å². The van der Waals surface area contributed by atoms with Crippen LogP contribution in [0.3, 0.4) is 0 Å². The molecule has 1 aromatic rings. The molecule has 27 heavy (non-hydrogen) atoms. The van der Waals surface area contributed by atoms with E-state index in [9.17, 15) is 13.2 Å². The Hall–Kier alpha value is -1.68. The van der Waals surface area contributed by atoms with Gasteiger partial charge in [0.05, 0.1) is 31.2 Å². The van der Waals surface area contributed by atoms with E-state index in [1.807, 2.05) is 6.92 Å². The molecule has 9 heteroatoms. The highest BCUT2D eigenvalue weighted by Crippen LogP contribution is 2.21. The van der Waals surface area contributed by atoms with Crippen LogP contribution < -0.4 is 19.7 Å². The minimum absolute atomic E-state index is 0.0978.